The predicted octanol–water partition coefficient (Wildman–Crippen LogP) is 3.73. The molecule has 1 aliphatic rings. The number of amides is 1. The van der Waals surface area contributed by atoms with Gasteiger partial charge in [0.05, 0.1) is 11.0 Å². The second-order valence-electron chi connectivity index (χ2n) is 7.31. The topological polar surface area (TPSA) is 58.6 Å². The number of hydrogen-bond acceptors (Lipinski definition) is 5. The fourth-order valence-electron chi connectivity index (χ4n) is 2.92. The highest BCUT2D eigenvalue weighted by molar-refractivity contribution is 6.32. The summed E-state index contributed by atoms with van der Waals surface area (Å²) < 4.78 is 5.45. The number of para-hydroxylation sites is 2. The first-order valence-corrected chi connectivity index (χ1v) is 8.75. The fourth-order valence-corrected chi connectivity index (χ4v) is 3.18. The number of carbonyl (C=O) groups is 1. The Morgan fingerprint density at radius 1 is 1.28 bits per heavy atom. The second-order valence-corrected chi connectivity index (χ2v) is 7.66. The number of ether oxygens (including phenoxy) is 1. The summed E-state index contributed by atoms with van der Waals surface area (Å²) in [5, 5.41) is 0.372. The molecule has 1 aliphatic heterocycles. The molecule has 1 saturated heterocycles. The van der Waals surface area contributed by atoms with Gasteiger partial charge < -0.3 is 14.5 Å². The van der Waals surface area contributed by atoms with E-state index in [0.29, 0.717) is 24.1 Å². The van der Waals surface area contributed by atoms with Crippen molar-refractivity contribution in [3.63, 3.8) is 0 Å². The zero-order chi connectivity index (χ0) is 18.2. The van der Waals surface area contributed by atoms with E-state index in [1.165, 1.54) is 0 Å². The molecule has 7 heteroatoms. The largest absolute Gasteiger partial charge is 0.444 e. The van der Waals surface area contributed by atoms with Crippen LogP contribution in [0.5, 0.6) is 0 Å². The number of likely N-dealkylation sites (tertiary alicyclic amines) is 1. The van der Waals surface area contributed by atoms with Crippen LogP contribution in [0, 0.1) is 0 Å². The van der Waals surface area contributed by atoms with Crippen molar-refractivity contribution >= 4 is 34.5 Å². The predicted molar refractivity (Wildman–Crippen MR) is 99.2 cm³/mol. The van der Waals surface area contributed by atoms with Gasteiger partial charge in [0.15, 0.2) is 11.0 Å². The summed E-state index contributed by atoms with van der Waals surface area (Å²) in [4.78, 5) is 25.0. The molecule has 0 radical (unpaired) electrons. The Morgan fingerprint density at radius 2 is 1.92 bits per heavy atom. The minimum atomic E-state index is -0.492. The Kier molecular flexibility index (Phi) is 4.73. The third-order valence-electron chi connectivity index (χ3n) is 4.21. The van der Waals surface area contributed by atoms with E-state index in [9.17, 15) is 4.79 Å². The first kappa shape index (κ1) is 17.7. The number of benzene rings is 1. The summed E-state index contributed by atoms with van der Waals surface area (Å²) >= 11 is 6.34. The Bertz CT molecular complexity index is 790. The van der Waals surface area contributed by atoms with Crippen molar-refractivity contribution in [1.29, 1.82) is 0 Å². The monoisotopic (exact) mass is 362 g/mol. The molecule has 0 N–H and O–H groups in total. The molecule has 1 aromatic heterocycles. The van der Waals surface area contributed by atoms with Gasteiger partial charge in [-0.3, -0.25) is 0 Å². The molecule has 1 atom stereocenters. The molecule has 1 fully saturated rings. The van der Waals surface area contributed by atoms with Gasteiger partial charge in [-0.1, -0.05) is 23.7 Å². The lowest BCUT2D eigenvalue weighted by molar-refractivity contribution is 0.0292. The van der Waals surface area contributed by atoms with E-state index >= 15 is 0 Å². The number of fused-ring (bicyclic) bond motifs is 1. The smallest absolute Gasteiger partial charge is 0.410 e. The van der Waals surface area contributed by atoms with E-state index in [2.05, 4.69) is 9.97 Å². The number of likely N-dealkylation sites (N-methyl/N-ethyl adjacent to an activating group) is 1. The standard InChI is InChI=1S/C18H23ClN4O2/c1-18(2,3)25-17(24)23-10-9-12(11-23)22(4)16-15(19)20-13-7-5-6-8-14(13)21-16/h5-8,12H,9-11H2,1-4H3/t12-/m1/s1. The molecular weight excluding hydrogens is 340 g/mol. The molecule has 25 heavy (non-hydrogen) atoms. The molecule has 0 saturated carbocycles. The zero-order valence-corrected chi connectivity index (χ0v) is 15.7. The fraction of sp³-hybridized carbons (Fsp3) is 0.500. The molecule has 134 valence electrons. The summed E-state index contributed by atoms with van der Waals surface area (Å²) in [6.45, 7) is 6.85. The highest BCUT2D eigenvalue weighted by atomic mass is 35.5. The van der Waals surface area contributed by atoms with Crippen molar-refractivity contribution in [2.75, 3.05) is 25.0 Å². The molecule has 1 amide bonds. The number of hydrogen-bond donors (Lipinski definition) is 0. The van der Waals surface area contributed by atoms with Crippen molar-refractivity contribution in [3.8, 4) is 0 Å². The Labute approximate surface area is 152 Å². The number of nitrogens with zero attached hydrogens (tertiary/aromatic N) is 4. The number of carbonyl (C=O) groups excluding carboxylic acids is 1. The van der Waals surface area contributed by atoms with Crippen LogP contribution in [0.2, 0.25) is 5.15 Å². The van der Waals surface area contributed by atoms with Crippen LogP contribution in [0.3, 0.4) is 0 Å². The molecule has 0 spiro atoms. The van der Waals surface area contributed by atoms with E-state index in [0.717, 1.165) is 17.5 Å². The van der Waals surface area contributed by atoms with E-state index in [-0.39, 0.29) is 12.1 Å². The van der Waals surface area contributed by atoms with Crippen LogP contribution in [0.25, 0.3) is 11.0 Å². The molecule has 0 aliphatic carbocycles. The molecule has 0 bridgehead atoms. The number of aromatic nitrogens is 2. The molecule has 2 aromatic rings. The van der Waals surface area contributed by atoms with Crippen LogP contribution in [0.4, 0.5) is 10.6 Å². The number of rotatable bonds is 2. The van der Waals surface area contributed by atoms with Gasteiger partial charge in [-0.2, -0.15) is 0 Å². The number of halogens is 1. The third kappa shape index (κ3) is 3.95. The van der Waals surface area contributed by atoms with Crippen molar-refractivity contribution in [2.24, 2.45) is 0 Å². The van der Waals surface area contributed by atoms with E-state index in [1.807, 2.05) is 57.0 Å². The first-order valence-electron chi connectivity index (χ1n) is 8.37. The third-order valence-corrected chi connectivity index (χ3v) is 4.46. The van der Waals surface area contributed by atoms with Crippen LogP contribution in [-0.4, -0.2) is 52.7 Å². The maximum absolute atomic E-state index is 12.2. The number of anilines is 1. The minimum Gasteiger partial charge on any atom is -0.444 e. The molecule has 6 nitrogen and oxygen atoms in total. The Morgan fingerprint density at radius 3 is 2.56 bits per heavy atom. The highest BCUT2D eigenvalue weighted by Gasteiger charge is 2.33. The molecular formula is C18H23ClN4O2. The summed E-state index contributed by atoms with van der Waals surface area (Å²) in [6, 6.07) is 7.76. The summed E-state index contributed by atoms with van der Waals surface area (Å²) in [5.74, 6) is 0.636. The van der Waals surface area contributed by atoms with Gasteiger partial charge in [-0.25, -0.2) is 14.8 Å². The van der Waals surface area contributed by atoms with Crippen LogP contribution < -0.4 is 4.90 Å². The van der Waals surface area contributed by atoms with Gasteiger partial charge >= 0.3 is 6.09 Å². The first-order chi connectivity index (χ1) is 11.7. The molecule has 3 rings (SSSR count). The van der Waals surface area contributed by atoms with Gasteiger partial charge in [-0.05, 0) is 39.3 Å². The van der Waals surface area contributed by atoms with E-state index < -0.39 is 5.60 Å². The SMILES string of the molecule is CN(c1nc2ccccc2nc1Cl)[C@@H]1CCN(C(=O)OC(C)(C)C)C1. The summed E-state index contributed by atoms with van der Waals surface area (Å²) in [7, 11) is 1.94. The highest BCUT2D eigenvalue weighted by Crippen LogP contribution is 2.28. The van der Waals surface area contributed by atoms with Gasteiger partial charge in [0, 0.05) is 26.2 Å². The van der Waals surface area contributed by atoms with Gasteiger partial charge in [0.1, 0.15) is 5.60 Å². The van der Waals surface area contributed by atoms with Crippen LogP contribution in [0.1, 0.15) is 27.2 Å². The van der Waals surface area contributed by atoms with Crippen molar-refractivity contribution in [2.45, 2.75) is 38.8 Å². The Balaban J connectivity index is 1.75. The summed E-state index contributed by atoms with van der Waals surface area (Å²) in [5.41, 5.74) is 1.08. The second kappa shape index (κ2) is 6.67. The average molecular weight is 363 g/mol. The maximum atomic E-state index is 12.2. The van der Waals surface area contributed by atoms with Crippen LogP contribution in [0.15, 0.2) is 24.3 Å². The van der Waals surface area contributed by atoms with Gasteiger partial charge in [0.2, 0.25) is 0 Å². The average Bonchev–Trinajstić information content (AvgIpc) is 3.02. The maximum Gasteiger partial charge on any atom is 0.410 e. The van der Waals surface area contributed by atoms with Crippen molar-refractivity contribution in [3.05, 3.63) is 29.4 Å². The molecule has 0 unspecified atom stereocenters. The van der Waals surface area contributed by atoms with E-state index in [1.54, 1.807) is 4.90 Å². The molecule has 2 heterocycles. The lowest BCUT2D eigenvalue weighted by Crippen LogP contribution is -2.39. The van der Waals surface area contributed by atoms with E-state index in [4.69, 9.17) is 16.3 Å². The van der Waals surface area contributed by atoms with Gasteiger partial charge in [-0.15, -0.1) is 0 Å². The van der Waals surface area contributed by atoms with Crippen molar-refractivity contribution < 1.29 is 9.53 Å². The van der Waals surface area contributed by atoms with Crippen molar-refractivity contribution in [1.82, 2.24) is 14.9 Å². The summed E-state index contributed by atoms with van der Waals surface area (Å²) in [6.07, 6.45) is 0.555. The van der Waals surface area contributed by atoms with Gasteiger partial charge in [0.25, 0.3) is 0 Å². The van der Waals surface area contributed by atoms with Crippen LogP contribution in [-0.2, 0) is 4.74 Å². The zero-order valence-electron chi connectivity index (χ0n) is 15.0. The minimum absolute atomic E-state index is 0.125. The quantitative estimate of drug-likeness (QED) is 0.814. The molecule has 1 aromatic carbocycles. The Hall–Kier alpha value is -2.08. The lowest BCUT2D eigenvalue weighted by atomic mass is 10.2. The lowest BCUT2D eigenvalue weighted by Gasteiger charge is -2.27. The van der Waals surface area contributed by atoms with Crippen LogP contribution >= 0.6 is 11.6 Å². The normalized spacial score (nSPS) is 17.8.